The van der Waals surface area contributed by atoms with Crippen molar-refractivity contribution in [1.82, 2.24) is 4.90 Å². The first kappa shape index (κ1) is 18.4. The van der Waals surface area contributed by atoms with Crippen molar-refractivity contribution in [3.63, 3.8) is 0 Å². The maximum absolute atomic E-state index is 12.9. The Hall–Kier alpha value is -1.91. The molecule has 1 aromatic carbocycles. The van der Waals surface area contributed by atoms with Gasteiger partial charge in [-0.05, 0) is 48.4 Å². The highest BCUT2D eigenvalue weighted by molar-refractivity contribution is 5.91. The predicted molar refractivity (Wildman–Crippen MR) is 93.0 cm³/mol. The number of rotatable bonds is 5. The smallest absolute Gasteiger partial charge is 0.224 e. The molecule has 1 N–H and O–H groups in total. The van der Waals surface area contributed by atoms with Crippen LogP contribution in [-0.4, -0.2) is 29.8 Å². The van der Waals surface area contributed by atoms with Crippen molar-refractivity contribution in [2.75, 3.05) is 18.4 Å². The van der Waals surface area contributed by atoms with Gasteiger partial charge in [0.15, 0.2) is 0 Å². The second-order valence-electron chi connectivity index (χ2n) is 7.31. The van der Waals surface area contributed by atoms with Gasteiger partial charge in [-0.3, -0.25) is 9.59 Å². The molecule has 1 fully saturated rings. The van der Waals surface area contributed by atoms with E-state index in [9.17, 15) is 14.0 Å². The van der Waals surface area contributed by atoms with E-state index < -0.39 is 0 Å². The number of benzene rings is 1. The maximum Gasteiger partial charge on any atom is 0.224 e. The highest BCUT2D eigenvalue weighted by Gasteiger charge is 2.26. The van der Waals surface area contributed by atoms with E-state index in [1.165, 1.54) is 30.7 Å². The highest BCUT2D eigenvalue weighted by Crippen LogP contribution is 2.23. The Morgan fingerprint density at radius 3 is 2.33 bits per heavy atom. The largest absolute Gasteiger partial charge is 0.342 e. The van der Waals surface area contributed by atoms with E-state index >= 15 is 0 Å². The Morgan fingerprint density at radius 1 is 1.17 bits per heavy atom. The number of carbonyl (C=O) groups excluding carboxylic acids is 2. The summed E-state index contributed by atoms with van der Waals surface area (Å²) < 4.78 is 12.9. The quantitative estimate of drug-likeness (QED) is 0.893. The average molecular weight is 334 g/mol. The van der Waals surface area contributed by atoms with Gasteiger partial charge in [0.25, 0.3) is 0 Å². The van der Waals surface area contributed by atoms with Crippen LogP contribution in [0.25, 0.3) is 0 Å². The molecular weight excluding hydrogens is 307 g/mol. The van der Waals surface area contributed by atoms with Gasteiger partial charge in [0, 0.05) is 31.6 Å². The molecule has 132 valence electrons. The molecular formula is C19H27FN2O2. The molecule has 0 aromatic heterocycles. The molecule has 1 saturated heterocycles. The lowest BCUT2D eigenvalue weighted by Gasteiger charge is -2.35. The normalized spacial score (nSPS) is 22.1. The maximum atomic E-state index is 12.9. The second kappa shape index (κ2) is 8.27. The third-order valence-corrected chi connectivity index (χ3v) is 4.41. The Balaban J connectivity index is 1.79. The SMILES string of the molecule is CC(CC(=O)Nc1ccc(F)cc1)CC(=O)N1CC(C)CC(C)C1. The number of anilines is 1. The van der Waals surface area contributed by atoms with Crippen LogP contribution in [0, 0.1) is 23.6 Å². The Morgan fingerprint density at radius 2 is 1.75 bits per heavy atom. The zero-order chi connectivity index (χ0) is 17.7. The minimum Gasteiger partial charge on any atom is -0.342 e. The lowest BCUT2D eigenvalue weighted by atomic mass is 9.91. The first-order valence-corrected chi connectivity index (χ1v) is 8.66. The highest BCUT2D eigenvalue weighted by atomic mass is 19.1. The second-order valence-corrected chi connectivity index (χ2v) is 7.31. The van der Waals surface area contributed by atoms with Gasteiger partial charge in [-0.25, -0.2) is 4.39 Å². The van der Waals surface area contributed by atoms with Crippen LogP contribution >= 0.6 is 0 Å². The van der Waals surface area contributed by atoms with Gasteiger partial charge in [-0.2, -0.15) is 0 Å². The summed E-state index contributed by atoms with van der Waals surface area (Å²) in [6.07, 6.45) is 1.83. The number of carbonyl (C=O) groups is 2. The van der Waals surface area contributed by atoms with Gasteiger partial charge in [-0.15, -0.1) is 0 Å². The number of likely N-dealkylation sites (tertiary alicyclic amines) is 1. The van der Waals surface area contributed by atoms with E-state index in [1.54, 1.807) is 0 Å². The topological polar surface area (TPSA) is 49.4 Å². The first-order valence-electron chi connectivity index (χ1n) is 8.66. The number of hydrogen-bond donors (Lipinski definition) is 1. The van der Waals surface area contributed by atoms with Crippen LogP contribution in [0.3, 0.4) is 0 Å². The van der Waals surface area contributed by atoms with Crippen LogP contribution in [0.2, 0.25) is 0 Å². The van der Waals surface area contributed by atoms with E-state index in [-0.39, 0.29) is 30.0 Å². The van der Waals surface area contributed by atoms with Crippen LogP contribution in [0.1, 0.15) is 40.0 Å². The summed E-state index contributed by atoms with van der Waals surface area (Å²) in [7, 11) is 0. The predicted octanol–water partition coefficient (Wildman–Crippen LogP) is 3.69. The van der Waals surface area contributed by atoms with Crippen LogP contribution in [0.5, 0.6) is 0 Å². The molecule has 24 heavy (non-hydrogen) atoms. The summed E-state index contributed by atoms with van der Waals surface area (Å²) in [5.41, 5.74) is 0.568. The molecule has 1 aliphatic rings. The average Bonchev–Trinajstić information content (AvgIpc) is 2.48. The van der Waals surface area contributed by atoms with Gasteiger partial charge in [0.2, 0.25) is 11.8 Å². The zero-order valence-corrected chi connectivity index (χ0v) is 14.7. The van der Waals surface area contributed by atoms with Crippen LogP contribution < -0.4 is 5.32 Å². The third-order valence-electron chi connectivity index (χ3n) is 4.41. The zero-order valence-electron chi connectivity index (χ0n) is 14.7. The van der Waals surface area contributed by atoms with Crippen molar-refractivity contribution in [2.45, 2.75) is 40.0 Å². The molecule has 4 nitrogen and oxygen atoms in total. The molecule has 1 aromatic rings. The number of halogens is 1. The monoisotopic (exact) mass is 334 g/mol. The summed E-state index contributed by atoms with van der Waals surface area (Å²) in [6.45, 7) is 7.90. The minimum atomic E-state index is -0.336. The van der Waals surface area contributed by atoms with Gasteiger partial charge in [0.05, 0.1) is 0 Å². The summed E-state index contributed by atoms with van der Waals surface area (Å²) in [6, 6.07) is 5.67. The van der Waals surface area contributed by atoms with E-state index in [0.29, 0.717) is 23.9 Å². The Bertz CT molecular complexity index is 563. The fourth-order valence-electron chi connectivity index (χ4n) is 3.43. The van der Waals surface area contributed by atoms with Crippen LogP contribution in [-0.2, 0) is 9.59 Å². The van der Waals surface area contributed by atoms with Crippen LogP contribution in [0.4, 0.5) is 10.1 Å². The fraction of sp³-hybridized carbons (Fsp3) is 0.579. The van der Waals surface area contributed by atoms with Gasteiger partial charge in [-0.1, -0.05) is 20.8 Å². The Kier molecular flexibility index (Phi) is 6.35. The Labute approximate surface area is 143 Å². The van der Waals surface area contributed by atoms with Crippen molar-refractivity contribution < 1.29 is 14.0 Å². The summed E-state index contributed by atoms with van der Waals surface area (Å²) in [4.78, 5) is 26.4. The summed E-state index contributed by atoms with van der Waals surface area (Å²) in [5.74, 6) is 0.699. The molecule has 0 bridgehead atoms. The minimum absolute atomic E-state index is 0.0227. The molecule has 1 heterocycles. The molecule has 1 aliphatic heterocycles. The number of nitrogens with zero attached hydrogens (tertiary/aromatic N) is 1. The third kappa shape index (κ3) is 5.62. The molecule has 0 saturated carbocycles. The first-order chi connectivity index (χ1) is 11.3. The molecule has 5 heteroatoms. The summed E-state index contributed by atoms with van der Waals surface area (Å²) in [5, 5.41) is 2.74. The van der Waals surface area contributed by atoms with Gasteiger partial charge in [0.1, 0.15) is 5.82 Å². The van der Waals surface area contributed by atoms with Gasteiger partial charge < -0.3 is 10.2 Å². The van der Waals surface area contributed by atoms with Crippen molar-refractivity contribution in [3.05, 3.63) is 30.1 Å². The number of piperidine rings is 1. The standard InChI is InChI=1S/C19H27FN2O2/c1-13(9-18(23)21-17-6-4-16(20)5-7-17)10-19(24)22-11-14(2)8-15(3)12-22/h4-7,13-15H,8-12H2,1-3H3,(H,21,23). The number of nitrogens with one attached hydrogen (secondary N) is 1. The van der Waals surface area contributed by atoms with Crippen LogP contribution in [0.15, 0.2) is 24.3 Å². The molecule has 2 amide bonds. The van der Waals surface area contributed by atoms with Crippen molar-refractivity contribution in [3.8, 4) is 0 Å². The van der Waals surface area contributed by atoms with E-state index in [4.69, 9.17) is 0 Å². The number of hydrogen-bond acceptors (Lipinski definition) is 2. The summed E-state index contributed by atoms with van der Waals surface area (Å²) >= 11 is 0. The molecule has 0 radical (unpaired) electrons. The lowest BCUT2D eigenvalue weighted by molar-refractivity contribution is -0.134. The van der Waals surface area contributed by atoms with E-state index in [1.807, 2.05) is 11.8 Å². The van der Waals surface area contributed by atoms with Crippen molar-refractivity contribution in [1.29, 1.82) is 0 Å². The molecule has 0 spiro atoms. The molecule has 0 aliphatic carbocycles. The molecule has 3 unspecified atom stereocenters. The van der Waals surface area contributed by atoms with Crippen molar-refractivity contribution in [2.24, 2.45) is 17.8 Å². The number of amides is 2. The lowest BCUT2D eigenvalue weighted by Crippen LogP contribution is -2.43. The fourth-order valence-corrected chi connectivity index (χ4v) is 3.43. The molecule has 2 rings (SSSR count). The van der Waals surface area contributed by atoms with Crippen molar-refractivity contribution >= 4 is 17.5 Å². The van der Waals surface area contributed by atoms with E-state index in [0.717, 1.165) is 13.1 Å². The van der Waals surface area contributed by atoms with Gasteiger partial charge >= 0.3 is 0 Å². The van der Waals surface area contributed by atoms with E-state index in [2.05, 4.69) is 19.2 Å². The molecule has 3 atom stereocenters.